The standard InChI is InChI=1S/C16H25N/c1-4-11-17-16(12(2)3)15-10-9-13-7-5-6-8-14(13)15/h5-8,12,15-17H,4,9-11H2,1-3H3. The minimum atomic E-state index is 0.638. The third-order valence-electron chi connectivity index (χ3n) is 3.96. The van der Waals surface area contributed by atoms with E-state index in [4.69, 9.17) is 0 Å². The summed E-state index contributed by atoms with van der Waals surface area (Å²) in [4.78, 5) is 0. The molecular formula is C16H25N. The first-order chi connectivity index (χ1) is 8.24. The van der Waals surface area contributed by atoms with Crippen LogP contribution in [0.4, 0.5) is 0 Å². The van der Waals surface area contributed by atoms with Crippen LogP contribution in [0.25, 0.3) is 0 Å². The SMILES string of the molecule is CCCNC(C(C)C)C1CCc2ccccc21. The quantitative estimate of drug-likeness (QED) is 0.814. The molecule has 0 saturated heterocycles. The molecule has 0 spiro atoms. The minimum Gasteiger partial charge on any atom is -0.313 e. The van der Waals surface area contributed by atoms with Gasteiger partial charge in [-0.05, 0) is 42.9 Å². The Morgan fingerprint density at radius 3 is 2.76 bits per heavy atom. The highest BCUT2D eigenvalue weighted by Crippen LogP contribution is 2.37. The summed E-state index contributed by atoms with van der Waals surface area (Å²) in [6, 6.07) is 9.63. The Morgan fingerprint density at radius 2 is 2.06 bits per heavy atom. The van der Waals surface area contributed by atoms with Crippen LogP contribution in [0, 0.1) is 5.92 Å². The lowest BCUT2D eigenvalue weighted by Gasteiger charge is -2.29. The molecule has 2 unspecified atom stereocenters. The normalized spacial score (nSPS) is 20.6. The molecular weight excluding hydrogens is 206 g/mol. The lowest BCUT2D eigenvalue weighted by molar-refractivity contribution is 0.340. The minimum absolute atomic E-state index is 0.638. The maximum atomic E-state index is 3.75. The Labute approximate surface area is 106 Å². The van der Waals surface area contributed by atoms with Crippen LogP contribution in [0.3, 0.4) is 0 Å². The molecule has 0 radical (unpaired) electrons. The zero-order chi connectivity index (χ0) is 12.3. The highest BCUT2D eigenvalue weighted by molar-refractivity contribution is 5.36. The molecule has 0 amide bonds. The smallest absolute Gasteiger partial charge is 0.0159 e. The molecule has 1 aromatic rings. The van der Waals surface area contributed by atoms with Crippen molar-refractivity contribution in [2.45, 2.75) is 52.0 Å². The summed E-state index contributed by atoms with van der Waals surface area (Å²) in [7, 11) is 0. The van der Waals surface area contributed by atoms with Crippen molar-refractivity contribution >= 4 is 0 Å². The Kier molecular flexibility index (Phi) is 4.22. The fourth-order valence-electron chi connectivity index (χ4n) is 3.12. The summed E-state index contributed by atoms with van der Waals surface area (Å²) in [6.07, 6.45) is 3.80. The Bertz CT molecular complexity index is 356. The molecule has 1 heteroatoms. The topological polar surface area (TPSA) is 12.0 Å². The first kappa shape index (κ1) is 12.6. The molecule has 1 nitrogen and oxygen atoms in total. The summed E-state index contributed by atoms with van der Waals surface area (Å²) in [5, 5.41) is 3.75. The van der Waals surface area contributed by atoms with E-state index in [1.807, 2.05) is 0 Å². The average molecular weight is 231 g/mol. The molecule has 0 bridgehead atoms. The van der Waals surface area contributed by atoms with E-state index in [9.17, 15) is 0 Å². The number of fused-ring (bicyclic) bond motifs is 1. The molecule has 0 aliphatic heterocycles. The Morgan fingerprint density at radius 1 is 1.29 bits per heavy atom. The van der Waals surface area contributed by atoms with E-state index in [1.165, 1.54) is 19.3 Å². The van der Waals surface area contributed by atoms with Crippen LogP contribution in [0.1, 0.15) is 50.7 Å². The van der Waals surface area contributed by atoms with Crippen molar-refractivity contribution in [1.82, 2.24) is 5.32 Å². The average Bonchev–Trinajstić information content (AvgIpc) is 2.73. The summed E-state index contributed by atoms with van der Waals surface area (Å²) >= 11 is 0. The van der Waals surface area contributed by atoms with Crippen molar-refractivity contribution in [2.24, 2.45) is 5.92 Å². The number of nitrogens with one attached hydrogen (secondary N) is 1. The monoisotopic (exact) mass is 231 g/mol. The van der Waals surface area contributed by atoms with Gasteiger partial charge in [0.15, 0.2) is 0 Å². The van der Waals surface area contributed by atoms with E-state index >= 15 is 0 Å². The van der Waals surface area contributed by atoms with Crippen LogP contribution in [0.2, 0.25) is 0 Å². The van der Waals surface area contributed by atoms with Crippen LogP contribution in [-0.4, -0.2) is 12.6 Å². The number of aryl methyl sites for hydroxylation is 1. The number of benzene rings is 1. The molecule has 1 aliphatic carbocycles. The van der Waals surface area contributed by atoms with Crippen LogP contribution in [0.5, 0.6) is 0 Å². The summed E-state index contributed by atoms with van der Waals surface area (Å²) in [5.41, 5.74) is 3.16. The van der Waals surface area contributed by atoms with Gasteiger partial charge in [0.2, 0.25) is 0 Å². The summed E-state index contributed by atoms with van der Waals surface area (Å²) < 4.78 is 0. The van der Waals surface area contributed by atoms with E-state index < -0.39 is 0 Å². The van der Waals surface area contributed by atoms with E-state index in [-0.39, 0.29) is 0 Å². The van der Waals surface area contributed by atoms with Crippen LogP contribution in [0.15, 0.2) is 24.3 Å². The molecule has 2 rings (SSSR count). The van der Waals surface area contributed by atoms with Crippen molar-refractivity contribution in [1.29, 1.82) is 0 Å². The second kappa shape index (κ2) is 5.68. The van der Waals surface area contributed by atoms with E-state index in [1.54, 1.807) is 11.1 Å². The van der Waals surface area contributed by atoms with Crippen molar-refractivity contribution in [3.8, 4) is 0 Å². The van der Waals surface area contributed by atoms with Crippen LogP contribution < -0.4 is 5.32 Å². The second-order valence-corrected chi connectivity index (χ2v) is 5.57. The van der Waals surface area contributed by atoms with Gasteiger partial charge in [-0.1, -0.05) is 45.0 Å². The lowest BCUT2D eigenvalue weighted by atomic mass is 9.86. The third-order valence-corrected chi connectivity index (χ3v) is 3.96. The molecule has 1 aromatic carbocycles. The largest absolute Gasteiger partial charge is 0.313 e. The molecule has 0 saturated carbocycles. The lowest BCUT2D eigenvalue weighted by Crippen LogP contribution is -2.39. The molecule has 17 heavy (non-hydrogen) atoms. The van der Waals surface area contributed by atoms with Gasteiger partial charge >= 0.3 is 0 Å². The summed E-state index contributed by atoms with van der Waals surface area (Å²) in [5.74, 6) is 1.43. The first-order valence-electron chi connectivity index (χ1n) is 7.05. The van der Waals surface area contributed by atoms with E-state index in [2.05, 4.69) is 50.4 Å². The zero-order valence-corrected chi connectivity index (χ0v) is 11.4. The van der Waals surface area contributed by atoms with Crippen LogP contribution >= 0.6 is 0 Å². The van der Waals surface area contributed by atoms with Crippen molar-refractivity contribution in [3.63, 3.8) is 0 Å². The van der Waals surface area contributed by atoms with E-state index in [0.717, 1.165) is 12.5 Å². The van der Waals surface area contributed by atoms with Crippen molar-refractivity contribution < 1.29 is 0 Å². The van der Waals surface area contributed by atoms with Gasteiger partial charge in [0, 0.05) is 12.0 Å². The van der Waals surface area contributed by atoms with Gasteiger partial charge in [0.1, 0.15) is 0 Å². The van der Waals surface area contributed by atoms with E-state index in [0.29, 0.717) is 12.0 Å². The molecule has 0 aromatic heterocycles. The molecule has 0 heterocycles. The summed E-state index contributed by atoms with van der Waals surface area (Å²) in [6.45, 7) is 8.07. The number of hydrogen-bond donors (Lipinski definition) is 1. The fourth-order valence-corrected chi connectivity index (χ4v) is 3.12. The maximum absolute atomic E-state index is 3.75. The predicted molar refractivity (Wildman–Crippen MR) is 74.4 cm³/mol. The van der Waals surface area contributed by atoms with Crippen molar-refractivity contribution in [2.75, 3.05) is 6.54 Å². The first-order valence-corrected chi connectivity index (χ1v) is 7.05. The van der Waals surface area contributed by atoms with Gasteiger partial charge in [-0.15, -0.1) is 0 Å². The van der Waals surface area contributed by atoms with Gasteiger partial charge in [-0.2, -0.15) is 0 Å². The van der Waals surface area contributed by atoms with Crippen LogP contribution in [-0.2, 0) is 6.42 Å². The highest BCUT2D eigenvalue weighted by atomic mass is 14.9. The zero-order valence-electron chi connectivity index (χ0n) is 11.4. The van der Waals surface area contributed by atoms with Gasteiger partial charge in [0.25, 0.3) is 0 Å². The second-order valence-electron chi connectivity index (χ2n) is 5.57. The Hall–Kier alpha value is -0.820. The fraction of sp³-hybridized carbons (Fsp3) is 0.625. The van der Waals surface area contributed by atoms with Gasteiger partial charge < -0.3 is 5.32 Å². The highest BCUT2D eigenvalue weighted by Gasteiger charge is 2.30. The molecule has 1 N–H and O–H groups in total. The Balaban J connectivity index is 2.15. The molecule has 1 aliphatic rings. The maximum Gasteiger partial charge on any atom is 0.0159 e. The predicted octanol–water partition coefficient (Wildman–Crippen LogP) is 3.74. The third kappa shape index (κ3) is 2.71. The number of hydrogen-bond acceptors (Lipinski definition) is 1. The van der Waals surface area contributed by atoms with Gasteiger partial charge in [-0.25, -0.2) is 0 Å². The number of rotatable bonds is 5. The molecule has 94 valence electrons. The van der Waals surface area contributed by atoms with Crippen molar-refractivity contribution in [3.05, 3.63) is 35.4 Å². The molecule has 2 atom stereocenters. The van der Waals surface area contributed by atoms with Gasteiger partial charge in [-0.3, -0.25) is 0 Å². The molecule has 0 fully saturated rings. The van der Waals surface area contributed by atoms with Gasteiger partial charge in [0.05, 0.1) is 0 Å².